The van der Waals surface area contributed by atoms with Crippen molar-refractivity contribution in [3.8, 4) is 0 Å². The van der Waals surface area contributed by atoms with Crippen LogP contribution in [0.5, 0.6) is 0 Å². The van der Waals surface area contributed by atoms with Crippen LogP contribution in [0.4, 0.5) is 0 Å². The fraction of sp³-hybridized carbons (Fsp3) is 0.867. The van der Waals surface area contributed by atoms with Crippen LogP contribution in [0.25, 0.3) is 0 Å². The Kier molecular flexibility index (Phi) is 72.7. The first-order valence-electron chi connectivity index (χ1n) is 48.9. The Bertz CT molecular complexity index is 2610. The number of piperidine rings is 6. The molecule has 6 heterocycles. The highest BCUT2D eigenvalue weighted by molar-refractivity contribution is 5.84. The van der Waals surface area contributed by atoms with Crippen LogP contribution < -0.4 is 99.2 Å². The van der Waals surface area contributed by atoms with Crippen LogP contribution >= 0.6 is 0 Å². The highest BCUT2D eigenvalue weighted by Crippen LogP contribution is 2.27. The van der Waals surface area contributed by atoms with Gasteiger partial charge in [-0.3, -0.25) is 86.9 Å². The summed E-state index contributed by atoms with van der Waals surface area (Å²) in [6.07, 6.45) is 27.0. The average molecular weight is 1930 g/mol. The van der Waals surface area contributed by atoms with Gasteiger partial charge in [0, 0.05) is 201 Å². The second kappa shape index (κ2) is 78.0. The van der Waals surface area contributed by atoms with Gasteiger partial charge in [-0.05, 0) is 199 Å². The normalized spacial score (nSPS) is 22.3. The Morgan fingerprint density at radius 1 is 0.197 bits per heavy atom. The zero-order valence-corrected chi connectivity index (χ0v) is 82.6. The zero-order valence-electron chi connectivity index (χ0n) is 82.6. The number of carbonyl (C=O) groups is 12. The van der Waals surface area contributed by atoms with Crippen molar-refractivity contribution < 1.29 is 98.0 Å². The summed E-state index contributed by atoms with van der Waals surface area (Å²) in [6, 6.07) is 5.36. The fourth-order valence-corrected chi connectivity index (χ4v) is 16.8. The molecule has 0 radical (unpaired) electrons. The first-order valence-corrected chi connectivity index (χ1v) is 48.9. The molecule has 12 atom stereocenters. The van der Waals surface area contributed by atoms with E-state index in [1.807, 2.05) is 0 Å². The van der Waals surface area contributed by atoms with Crippen LogP contribution in [0, 0.1) is 0 Å². The van der Waals surface area contributed by atoms with Gasteiger partial charge in [-0.25, -0.2) is 35.4 Å². The average Bonchev–Trinajstić information content (AvgIpc) is 0.891. The van der Waals surface area contributed by atoms with Crippen LogP contribution in [0.1, 0.15) is 287 Å². The summed E-state index contributed by atoms with van der Waals surface area (Å²) < 4.78 is 0. The van der Waals surface area contributed by atoms with Crippen LogP contribution in [0.2, 0.25) is 0 Å². The smallest absolute Gasteiger partial charge is 0.234 e. The van der Waals surface area contributed by atoms with E-state index in [1.54, 1.807) is 0 Å². The van der Waals surface area contributed by atoms with E-state index in [0.717, 1.165) is 77.0 Å². The van der Waals surface area contributed by atoms with Crippen molar-refractivity contribution in [1.29, 1.82) is 0 Å². The molecule has 0 saturated carbocycles. The summed E-state index contributed by atoms with van der Waals surface area (Å²) in [5.41, 5.74) is 0. The maximum absolute atomic E-state index is 12.0. The predicted molar refractivity (Wildman–Crippen MR) is 526 cm³/mol. The third kappa shape index (κ3) is 61.1. The van der Waals surface area contributed by atoms with Crippen molar-refractivity contribution in [2.45, 2.75) is 348 Å². The largest absolute Gasteiger partial charge is 0.356 e. The van der Waals surface area contributed by atoms with Gasteiger partial charge in [-0.2, -0.15) is 0 Å². The lowest BCUT2D eigenvalue weighted by molar-refractivity contribution is -0.125. The highest BCUT2D eigenvalue weighted by atomic mass is 16.6. The first kappa shape index (κ1) is 123. The third-order valence-electron chi connectivity index (χ3n) is 24.8. The molecule has 0 unspecified atom stereocenters. The lowest BCUT2D eigenvalue weighted by Crippen LogP contribution is -2.49. The fourth-order valence-electron chi connectivity index (χ4n) is 16.8. The predicted octanol–water partition coefficient (Wildman–Crippen LogP) is 2.88. The van der Waals surface area contributed by atoms with Gasteiger partial charge in [0.1, 0.15) is 0 Å². The third-order valence-corrected chi connectivity index (χ3v) is 24.8. The molecule has 6 saturated heterocycles. The SMILES string of the molecule is C[C@@H]1CCC[C@H](C)N1C[13C](=O)[15NH][13CH2][13CH2][13C](=O)NCCCON.C[C@@H]1CCC[C@H](C)[15N]1C[13C](=O)N[13CH2][13CH2][13C](=O)NCCCON.[13CH3][13C@@H]1CCC[13C@H]([13CH3])N1CC(=O)[15NH]CCC(=O)NCCCON.[13CH3][13C@@H]1CCC[13C@H]([13CH3])[15N]1CC(=O)NCCC(=O)NCCCON.[13CH3][C@@H]1CCC[C@H]([13CH3])[15N]1C[13C](=O)N[13CH2]CC(=O)NCCCON.[13CH3][C@@H]1CCC[C@H]([13CH3])[15N]1C[13C](=O)[15NH][13CH2]CC(=O)NCCCON.[HH].[HH].[HH].[HH].[HH].[HH].[HH].[HH]. The van der Waals surface area contributed by atoms with Gasteiger partial charge in [-0.1, -0.05) is 38.5 Å². The van der Waals surface area contributed by atoms with Gasteiger partial charge in [0.2, 0.25) is 70.9 Å². The maximum Gasteiger partial charge on any atom is 0.234 e. The summed E-state index contributed by atoms with van der Waals surface area (Å²) in [6.45, 7) is 36.4. The summed E-state index contributed by atoms with van der Waals surface area (Å²) in [4.78, 5) is 181. The molecule has 0 spiro atoms. The Morgan fingerprint density at radius 2 is 0.303 bits per heavy atom. The van der Waals surface area contributed by atoms with Gasteiger partial charge in [0.05, 0.1) is 78.9 Å². The minimum absolute atomic E-state index is 0. The van der Waals surface area contributed by atoms with Gasteiger partial charge in [0.25, 0.3) is 0 Å². The first-order chi connectivity index (χ1) is 63.2. The van der Waals surface area contributed by atoms with Crippen LogP contribution in [-0.2, 0) is 86.6 Å². The topological polar surface area (TPSA) is 580 Å². The number of nitrogens with two attached hydrogens (primary N) is 6. The van der Waals surface area contributed by atoms with E-state index < -0.39 is 0 Å². The van der Waals surface area contributed by atoms with E-state index in [1.165, 1.54) is 38.5 Å². The second-order valence-corrected chi connectivity index (χ2v) is 35.9. The number of likely N-dealkylation sites (tertiary alicyclic amines) is 6. The number of amides is 12. The van der Waals surface area contributed by atoms with Crippen molar-refractivity contribution in [3.05, 3.63) is 0 Å². The minimum Gasteiger partial charge on any atom is -0.356 e. The minimum atomic E-state index is -0.0722. The van der Waals surface area contributed by atoms with Crippen LogP contribution in [0.3, 0.4) is 0 Å². The molecule has 6 fully saturated rings. The van der Waals surface area contributed by atoms with Gasteiger partial charge >= 0.3 is 0 Å². The number of nitrogens with one attached hydrogen (secondary N) is 12. The molecular formula is C90H196N24O18. The number of hydrogen-bond acceptors (Lipinski definition) is 30. The van der Waals surface area contributed by atoms with E-state index in [2.05, 4.69) is 205 Å². The molecule has 42 nitrogen and oxygen atoms in total. The molecule has 12 amide bonds. The number of nitrogens with zero attached hydrogens (tertiary/aromatic N) is 6. The van der Waals surface area contributed by atoms with Crippen molar-refractivity contribution in [1.82, 2.24) is 93.2 Å². The Balaban J connectivity index is -0.000000246. The highest BCUT2D eigenvalue weighted by Gasteiger charge is 2.32. The summed E-state index contributed by atoms with van der Waals surface area (Å²) in [7, 11) is 0. The van der Waals surface area contributed by atoms with E-state index >= 15 is 0 Å². The number of rotatable bonds is 54. The molecule has 0 aromatic carbocycles. The van der Waals surface area contributed by atoms with Crippen LogP contribution in [-0.4, -0.2) is 330 Å². The van der Waals surface area contributed by atoms with E-state index in [4.69, 9.17) is 35.4 Å². The monoisotopic (exact) mass is 1930 g/mol. The van der Waals surface area contributed by atoms with Gasteiger partial charge in [0.15, 0.2) is 0 Å². The van der Waals surface area contributed by atoms with Gasteiger partial charge in [-0.15, -0.1) is 0 Å². The maximum atomic E-state index is 12.0. The molecule has 6 aliphatic rings. The Hall–Kier alpha value is -7.08. The molecule has 0 bridgehead atoms. The van der Waals surface area contributed by atoms with E-state index in [0.29, 0.717) is 307 Å². The number of carbonyl (C=O) groups excluding carboxylic acids is 12. The van der Waals surface area contributed by atoms with Gasteiger partial charge < -0.3 is 92.8 Å². The zero-order chi connectivity index (χ0) is 98.2. The Morgan fingerprint density at radius 3 is 0.409 bits per heavy atom. The summed E-state index contributed by atoms with van der Waals surface area (Å²) >= 11 is 0. The van der Waals surface area contributed by atoms with E-state index in [-0.39, 0.29) is 82.3 Å². The van der Waals surface area contributed by atoms with Crippen LogP contribution in [0.15, 0.2) is 0 Å². The van der Waals surface area contributed by atoms with Crippen molar-refractivity contribution in [3.63, 3.8) is 0 Å². The summed E-state index contributed by atoms with van der Waals surface area (Å²) in [5.74, 6) is 28.9. The summed E-state index contributed by atoms with van der Waals surface area (Å²) in [5, 5.41) is 33.4. The molecular weight excluding hydrogens is 1740 g/mol. The second-order valence-electron chi connectivity index (χ2n) is 35.9. The van der Waals surface area contributed by atoms with Crippen molar-refractivity contribution in [2.24, 2.45) is 35.4 Å². The standard InChI is InChI=1S/6C15H30N4O3.8H2/c6*1-12-5-3-6-13(2)19(12)11-15(21)18-9-7-14(20)17-8-4-10-22-16;;;;;;;;/h6*12-13H,3-11,16H2,1-2H3,(H,17,20)(H,18,21);8*1H/t6*12-,13+;;;;;;;;/i1+1,2+1,9+1,15+1,18+1,19+1;7+1,9+1,14+1,15+1,19+1;7+1,9+1,14+1,15+1,18+1;1+1,2+1,12+1,13+1,19+1;1+1,2+1,12+1,13+1,18+1;1+1,2+1,9+1,15+1,19+1;;;;;;;;. The van der Waals surface area contributed by atoms with Crippen molar-refractivity contribution >= 4 is 70.9 Å². The molecule has 24 N–H and O–H groups in total. The molecule has 784 valence electrons. The Labute approximate surface area is 800 Å². The molecule has 0 aromatic rings. The molecule has 6 rings (SSSR count). The molecule has 0 aliphatic carbocycles. The molecule has 0 aromatic heterocycles. The molecule has 132 heavy (non-hydrogen) atoms. The quantitative estimate of drug-likeness (QED) is 0.0180. The van der Waals surface area contributed by atoms with E-state index in [9.17, 15) is 57.5 Å². The lowest BCUT2D eigenvalue weighted by atomic mass is 9.98. The van der Waals surface area contributed by atoms with Crippen molar-refractivity contribution in [2.75, 3.05) is 157 Å². The lowest BCUT2D eigenvalue weighted by Gasteiger charge is -2.38. The molecule has 42 heteroatoms. The number of hydrogen-bond donors (Lipinski definition) is 18. The molecule has 6 aliphatic heterocycles.